The Morgan fingerprint density at radius 1 is 1.07 bits per heavy atom. The standard InChI is InChI=1S/C21H20Cl2N2O4S/c1-27-17-6-12(7-18(28-2)20(17)29-3)8-19(26)25-21-24-11-15(30-21)10-13-9-14(22)4-5-16(13)23/h4-7,9,11H,8,10H2,1-3H3,(H,24,25,26). The Hall–Kier alpha value is -2.48. The van der Waals surface area contributed by atoms with E-state index in [1.807, 2.05) is 6.07 Å². The molecule has 6 nitrogen and oxygen atoms in total. The maximum atomic E-state index is 12.5. The Morgan fingerprint density at radius 3 is 2.40 bits per heavy atom. The second-order valence-electron chi connectivity index (χ2n) is 6.30. The minimum absolute atomic E-state index is 0.131. The van der Waals surface area contributed by atoms with Gasteiger partial charge in [0, 0.05) is 27.5 Å². The lowest BCUT2D eigenvalue weighted by Gasteiger charge is -2.13. The summed E-state index contributed by atoms with van der Waals surface area (Å²) in [7, 11) is 4.60. The molecule has 0 radical (unpaired) electrons. The van der Waals surface area contributed by atoms with Crippen LogP contribution in [-0.4, -0.2) is 32.2 Å². The molecular formula is C21H20Cl2N2O4S. The van der Waals surface area contributed by atoms with Crippen LogP contribution in [0.1, 0.15) is 16.0 Å². The third-order valence-corrected chi connectivity index (χ3v) is 5.78. The zero-order chi connectivity index (χ0) is 21.7. The van der Waals surface area contributed by atoms with Gasteiger partial charge in [0.1, 0.15) is 0 Å². The Kier molecular flexibility index (Phi) is 7.42. The van der Waals surface area contributed by atoms with Crippen LogP contribution in [0.5, 0.6) is 17.2 Å². The lowest BCUT2D eigenvalue weighted by molar-refractivity contribution is -0.115. The highest BCUT2D eigenvalue weighted by Gasteiger charge is 2.16. The van der Waals surface area contributed by atoms with Crippen LogP contribution >= 0.6 is 34.5 Å². The molecule has 0 atom stereocenters. The van der Waals surface area contributed by atoms with Crippen LogP contribution in [0.15, 0.2) is 36.5 Å². The third kappa shape index (κ3) is 5.36. The van der Waals surface area contributed by atoms with E-state index in [0.29, 0.717) is 38.8 Å². The topological polar surface area (TPSA) is 69.7 Å². The van der Waals surface area contributed by atoms with Crippen LogP contribution in [0.3, 0.4) is 0 Å². The highest BCUT2D eigenvalue weighted by molar-refractivity contribution is 7.15. The molecule has 0 aliphatic heterocycles. The van der Waals surface area contributed by atoms with Gasteiger partial charge in [0.15, 0.2) is 16.6 Å². The number of carbonyl (C=O) groups excluding carboxylic acids is 1. The van der Waals surface area contributed by atoms with Crippen molar-refractivity contribution in [2.75, 3.05) is 26.6 Å². The Balaban J connectivity index is 1.68. The average Bonchev–Trinajstić information content (AvgIpc) is 3.16. The van der Waals surface area contributed by atoms with Gasteiger partial charge < -0.3 is 19.5 Å². The van der Waals surface area contributed by atoms with Crippen molar-refractivity contribution < 1.29 is 19.0 Å². The first-order valence-corrected chi connectivity index (χ1v) is 10.5. The largest absolute Gasteiger partial charge is 0.493 e. The summed E-state index contributed by atoms with van der Waals surface area (Å²) < 4.78 is 16.0. The van der Waals surface area contributed by atoms with Gasteiger partial charge in [-0.05, 0) is 41.5 Å². The number of hydrogen-bond donors (Lipinski definition) is 1. The van der Waals surface area contributed by atoms with Crippen molar-refractivity contribution in [2.45, 2.75) is 12.8 Å². The smallest absolute Gasteiger partial charge is 0.230 e. The fourth-order valence-corrected chi connectivity index (χ4v) is 4.13. The second-order valence-corrected chi connectivity index (χ2v) is 8.26. The number of benzene rings is 2. The van der Waals surface area contributed by atoms with E-state index in [4.69, 9.17) is 37.4 Å². The van der Waals surface area contributed by atoms with Gasteiger partial charge in [-0.2, -0.15) is 0 Å². The lowest BCUT2D eigenvalue weighted by Crippen LogP contribution is -2.14. The average molecular weight is 467 g/mol. The summed E-state index contributed by atoms with van der Waals surface area (Å²) in [5.41, 5.74) is 1.63. The Labute approximate surface area is 188 Å². The van der Waals surface area contributed by atoms with E-state index in [9.17, 15) is 4.79 Å². The molecule has 2 aromatic carbocycles. The molecular weight excluding hydrogens is 447 g/mol. The summed E-state index contributed by atoms with van der Waals surface area (Å²) >= 11 is 13.7. The summed E-state index contributed by atoms with van der Waals surface area (Å²) in [6.07, 6.45) is 2.43. The second kappa shape index (κ2) is 10.0. The summed E-state index contributed by atoms with van der Waals surface area (Å²) in [5, 5.41) is 4.60. The van der Waals surface area contributed by atoms with Crippen LogP contribution in [0, 0.1) is 0 Å². The number of carbonyl (C=O) groups is 1. The van der Waals surface area contributed by atoms with E-state index in [1.54, 1.807) is 30.5 Å². The Bertz CT molecular complexity index is 1030. The van der Waals surface area contributed by atoms with Crippen molar-refractivity contribution >= 4 is 45.6 Å². The van der Waals surface area contributed by atoms with Crippen LogP contribution in [0.4, 0.5) is 5.13 Å². The van der Waals surface area contributed by atoms with Crippen molar-refractivity contribution in [3.63, 3.8) is 0 Å². The molecule has 1 aromatic heterocycles. The van der Waals surface area contributed by atoms with Gasteiger partial charge in [0.2, 0.25) is 11.7 Å². The molecule has 0 unspecified atom stereocenters. The molecule has 0 aliphatic rings. The SMILES string of the molecule is COc1cc(CC(=O)Nc2ncc(Cc3cc(Cl)ccc3Cl)s2)cc(OC)c1OC. The maximum absolute atomic E-state index is 12.5. The van der Waals surface area contributed by atoms with Gasteiger partial charge >= 0.3 is 0 Å². The fraction of sp³-hybridized carbons (Fsp3) is 0.238. The molecule has 1 N–H and O–H groups in total. The van der Waals surface area contributed by atoms with Gasteiger partial charge in [0.25, 0.3) is 0 Å². The van der Waals surface area contributed by atoms with Crippen molar-refractivity contribution in [3.05, 3.63) is 62.6 Å². The summed E-state index contributed by atoms with van der Waals surface area (Å²) in [4.78, 5) is 17.7. The number of methoxy groups -OCH3 is 3. The number of halogens is 2. The number of nitrogens with zero attached hydrogens (tertiary/aromatic N) is 1. The van der Waals surface area contributed by atoms with Gasteiger partial charge in [0.05, 0.1) is 27.8 Å². The van der Waals surface area contributed by atoms with Crippen molar-refractivity contribution in [1.29, 1.82) is 0 Å². The summed E-state index contributed by atoms with van der Waals surface area (Å²) in [6.45, 7) is 0. The number of rotatable bonds is 8. The molecule has 0 saturated heterocycles. The maximum Gasteiger partial charge on any atom is 0.230 e. The molecule has 1 amide bonds. The van der Waals surface area contributed by atoms with Gasteiger partial charge in [-0.25, -0.2) is 4.98 Å². The van der Waals surface area contributed by atoms with Crippen molar-refractivity contribution in [1.82, 2.24) is 4.98 Å². The lowest BCUT2D eigenvalue weighted by atomic mass is 10.1. The molecule has 0 bridgehead atoms. The van der Waals surface area contributed by atoms with E-state index < -0.39 is 0 Å². The number of amides is 1. The highest BCUT2D eigenvalue weighted by Crippen LogP contribution is 2.38. The van der Waals surface area contributed by atoms with Gasteiger partial charge in [-0.3, -0.25) is 4.79 Å². The molecule has 0 spiro atoms. The number of aromatic nitrogens is 1. The number of anilines is 1. The number of ether oxygens (including phenoxy) is 3. The zero-order valence-corrected chi connectivity index (χ0v) is 19.0. The Morgan fingerprint density at radius 2 is 1.77 bits per heavy atom. The quantitative estimate of drug-likeness (QED) is 0.490. The van der Waals surface area contributed by atoms with Crippen LogP contribution in [0.25, 0.3) is 0 Å². The fourth-order valence-electron chi connectivity index (χ4n) is 2.90. The van der Waals surface area contributed by atoms with E-state index in [0.717, 1.165) is 16.0 Å². The molecule has 158 valence electrons. The molecule has 1 heterocycles. The van der Waals surface area contributed by atoms with Crippen molar-refractivity contribution in [3.8, 4) is 17.2 Å². The number of thiazole rings is 1. The first-order chi connectivity index (χ1) is 14.4. The number of hydrogen-bond acceptors (Lipinski definition) is 6. The first kappa shape index (κ1) is 22.2. The van der Waals surface area contributed by atoms with Crippen LogP contribution in [-0.2, 0) is 17.6 Å². The monoisotopic (exact) mass is 466 g/mol. The normalized spacial score (nSPS) is 10.6. The van der Waals surface area contributed by atoms with Crippen LogP contribution < -0.4 is 19.5 Å². The van der Waals surface area contributed by atoms with Gasteiger partial charge in [-0.1, -0.05) is 23.2 Å². The van der Waals surface area contributed by atoms with E-state index in [1.165, 1.54) is 32.7 Å². The zero-order valence-electron chi connectivity index (χ0n) is 16.6. The predicted octanol–water partition coefficient (Wildman–Crippen LogP) is 5.25. The molecule has 0 aliphatic carbocycles. The summed E-state index contributed by atoms with van der Waals surface area (Å²) in [6, 6.07) is 8.83. The molecule has 9 heteroatoms. The minimum Gasteiger partial charge on any atom is -0.493 e. The predicted molar refractivity (Wildman–Crippen MR) is 120 cm³/mol. The summed E-state index contributed by atoms with van der Waals surface area (Å²) in [5.74, 6) is 1.27. The molecule has 3 rings (SSSR count). The highest BCUT2D eigenvalue weighted by atomic mass is 35.5. The molecule has 30 heavy (non-hydrogen) atoms. The van der Waals surface area contributed by atoms with Crippen LogP contribution in [0.2, 0.25) is 10.0 Å². The molecule has 0 saturated carbocycles. The first-order valence-electron chi connectivity index (χ1n) is 8.90. The van der Waals surface area contributed by atoms with Crippen molar-refractivity contribution in [2.24, 2.45) is 0 Å². The number of nitrogens with one attached hydrogen (secondary N) is 1. The van der Waals surface area contributed by atoms with E-state index in [-0.39, 0.29) is 12.3 Å². The van der Waals surface area contributed by atoms with E-state index >= 15 is 0 Å². The third-order valence-electron chi connectivity index (χ3n) is 4.26. The molecule has 0 fully saturated rings. The van der Waals surface area contributed by atoms with Gasteiger partial charge in [-0.15, -0.1) is 11.3 Å². The van der Waals surface area contributed by atoms with E-state index in [2.05, 4.69) is 10.3 Å². The molecule has 3 aromatic rings. The minimum atomic E-state index is -0.203.